The quantitative estimate of drug-likeness (QED) is 0.455. The van der Waals surface area contributed by atoms with Gasteiger partial charge in [0.25, 0.3) is 0 Å². The van der Waals surface area contributed by atoms with Gasteiger partial charge in [0.15, 0.2) is 11.6 Å². The van der Waals surface area contributed by atoms with Gasteiger partial charge in [-0.25, -0.2) is 0 Å². The molecule has 1 aromatic carbocycles. The number of fused-ring (bicyclic) bond motifs is 1. The summed E-state index contributed by atoms with van der Waals surface area (Å²) in [5.74, 6) is -1.26. The summed E-state index contributed by atoms with van der Waals surface area (Å²) >= 11 is 0. The third-order valence-corrected chi connectivity index (χ3v) is 2.78. The predicted octanol–water partition coefficient (Wildman–Crippen LogP) is -1.43. The Labute approximate surface area is 128 Å². The molecule has 0 radical (unpaired) electrons. The van der Waals surface area contributed by atoms with Gasteiger partial charge < -0.3 is 5.11 Å². The van der Waals surface area contributed by atoms with E-state index in [9.17, 15) is 14.7 Å². The summed E-state index contributed by atoms with van der Waals surface area (Å²) in [5, 5.41) is 12.0. The predicted molar refractivity (Wildman–Crippen MR) is 62.2 cm³/mol. The van der Waals surface area contributed by atoms with E-state index in [1.54, 1.807) is 45.0 Å². The van der Waals surface area contributed by atoms with Crippen molar-refractivity contribution in [2.45, 2.75) is 20.8 Å². The van der Waals surface area contributed by atoms with Crippen molar-refractivity contribution in [1.29, 1.82) is 0 Å². The second-order valence-electron chi connectivity index (χ2n) is 5.16. The Balaban J connectivity index is 0.00000162. The summed E-state index contributed by atoms with van der Waals surface area (Å²) in [7, 11) is 0. The average Bonchev–Trinajstić information content (AvgIpc) is 2.51. The van der Waals surface area contributed by atoms with E-state index >= 15 is 0 Å². The van der Waals surface area contributed by atoms with Gasteiger partial charge in [0, 0.05) is 11.0 Å². The number of carbonyl (C=O) groups is 2. The molecule has 1 aliphatic rings. The molecule has 1 aliphatic carbocycles. The maximum atomic E-state index is 12.1. The molecule has 1 aromatic rings. The van der Waals surface area contributed by atoms with E-state index in [-0.39, 0.29) is 40.9 Å². The van der Waals surface area contributed by atoms with E-state index in [4.69, 9.17) is 0 Å². The van der Waals surface area contributed by atoms with E-state index in [0.29, 0.717) is 11.1 Å². The molecule has 3 nitrogen and oxygen atoms in total. The van der Waals surface area contributed by atoms with Crippen LogP contribution in [0.25, 0.3) is 5.76 Å². The van der Waals surface area contributed by atoms with Crippen LogP contribution in [0, 0.1) is 5.41 Å². The third-order valence-electron chi connectivity index (χ3n) is 2.78. The first-order valence-corrected chi connectivity index (χ1v) is 5.44. The summed E-state index contributed by atoms with van der Waals surface area (Å²) < 4.78 is 0. The van der Waals surface area contributed by atoms with E-state index in [1.165, 1.54) is 0 Å². The standard InChI is InChI=1S/C14H14O3.Na/c1-14(2,3)13(17)10-11(15)8-6-4-5-7-9(8)12(10)16;/h4-7,15H,1-3H3;/q;+1/p-1. The fourth-order valence-electron chi connectivity index (χ4n) is 1.83. The van der Waals surface area contributed by atoms with Gasteiger partial charge in [-0.15, -0.1) is 0 Å². The zero-order valence-corrected chi connectivity index (χ0v) is 13.0. The van der Waals surface area contributed by atoms with Crippen LogP contribution in [0.4, 0.5) is 0 Å². The summed E-state index contributed by atoms with van der Waals surface area (Å²) in [4.78, 5) is 24.1. The summed E-state index contributed by atoms with van der Waals surface area (Å²) in [6.07, 6.45) is 0. The van der Waals surface area contributed by atoms with E-state index < -0.39 is 17.0 Å². The van der Waals surface area contributed by atoms with Gasteiger partial charge in [-0.3, -0.25) is 9.59 Å². The van der Waals surface area contributed by atoms with E-state index in [2.05, 4.69) is 0 Å². The van der Waals surface area contributed by atoms with Gasteiger partial charge >= 0.3 is 29.6 Å². The van der Waals surface area contributed by atoms with Crippen LogP contribution in [0.15, 0.2) is 29.8 Å². The Bertz CT molecular complexity index is 550. The van der Waals surface area contributed by atoms with Crippen molar-refractivity contribution in [1.82, 2.24) is 0 Å². The summed E-state index contributed by atoms with van der Waals surface area (Å²) in [6.45, 7) is 5.10. The minimum absolute atomic E-state index is 0. The van der Waals surface area contributed by atoms with Crippen LogP contribution in [0.3, 0.4) is 0 Å². The normalized spacial score (nSPS) is 14.3. The monoisotopic (exact) mass is 252 g/mol. The average molecular weight is 252 g/mol. The van der Waals surface area contributed by atoms with Crippen molar-refractivity contribution in [3.8, 4) is 0 Å². The largest absolute Gasteiger partial charge is 1.00 e. The van der Waals surface area contributed by atoms with Gasteiger partial charge in [0.1, 0.15) is 0 Å². The zero-order valence-electron chi connectivity index (χ0n) is 11.0. The van der Waals surface area contributed by atoms with Gasteiger partial charge in [0.05, 0.1) is 5.57 Å². The van der Waals surface area contributed by atoms with Crippen LogP contribution in [0.5, 0.6) is 0 Å². The Morgan fingerprint density at radius 2 is 1.61 bits per heavy atom. The molecule has 0 aliphatic heterocycles. The molecule has 0 unspecified atom stereocenters. The van der Waals surface area contributed by atoms with Gasteiger partial charge in [-0.1, -0.05) is 50.8 Å². The van der Waals surface area contributed by atoms with Crippen LogP contribution in [-0.2, 0) is 4.79 Å². The second-order valence-corrected chi connectivity index (χ2v) is 5.16. The van der Waals surface area contributed by atoms with E-state index in [0.717, 1.165) is 0 Å². The topological polar surface area (TPSA) is 57.2 Å². The first kappa shape index (κ1) is 15.2. The van der Waals surface area contributed by atoms with E-state index in [1.807, 2.05) is 0 Å². The zero-order chi connectivity index (χ0) is 12.8. The molecule has 0 heterocycles. The molecule has 0 N–H and O–H groups in total. The first-order valence-electron chi connectivity index (χ1n) is 5.44. The van der Waals surface area contributed by atoms with Gasteiger partial charge in [-0.05, 0) is 5.56 Å². The number of carbonyl (C=O) groups excluding carboxylic acids is 2. The number of benzene rings is 1. The molecule has 0 amide bonds. The molecule has 0 aromatic heterocycles. The van der Waals surface area contributed by atoms with Crippen LogP contribution < -0.4 is 34.7 Å². The maximum Gasteiger partial charge on any atom is 1.00 e. The molecule has 0 spiro atoms. The number of ketones is 2. The smallest absolute Gasteiger partial charge is 0.871 e. The van der Waals surface area contributed by atoms with Crippen LogP contribution in [0.2, 0.25) is 0 Å². The molecule has 2 rings (SSSR count). The second kappa shape index (κ2) is 5.00. The molecule has 0 fully saturated rings. The molecule has 0 saturated carbocycles. The number of Topliss-reactive ketones (excluding diaryl/α,β-unsaturated/α-hetero) is 2. The molecule has 0 atom stereocenters. The molecule has 88 valence electrons. The van der Waals surface area contributed by atoms with Crippen LogP contribution >= 0.6 is 0 Å². The fraction of sp³-hybridized carbons (Fsp3) is 0.286. The summed E-state index contributed by atoms with van der Waals surface area (Å²) in [6, 6.07) is 6.54. The van der Waals surface area contributed by atoms with Crippen molar-refractivity contribution in [2.24, 2.45) is 5.41 Å². The molecule has 18 heavy (non-hydrogen) atoms. The molecule has 4 heteroatoms. The molecule has 0 saturated heterocycles. The first-order chi connectivity index (χ1) is 7.84. The Hall–Kier alpha value is -0.900. The van der Waals surface area contributed by atoms with Gasteiger partial charge in [0.2, 0.25) is 0 Å². The van der Waals surface area contributed by atoms with Gasteiger partial charge in [-0.2, -0.15) is 0 Å². The maximum absolute atomic E-state index is 12.1. The molecular weight excluding hydrogens is 239 g/mol. The number of hydrogen-bond donors (Lipinski definition) is 0. The Kier molecular flexibility index (Phi) is 4.21. The Morgan fingerprint density at radius 3 is 2.06 bits per heavy atom. The molecule has 0 bridgehead atoms. The van der Waals surface area contributed by atoms with Crippen LogP contribution in [-0.4, -0.2) is 11.6 Å². The fourth-order valence-corrected chi connectivity index (χ4v) is 1.83. The number of allylic oxidation sites excluding steroid dienone is 1. The van der Waals surface area contributed by atoms with Crippen molar-refractivity contribution in [3.05, 3.63) is 41.0 Å². The third kappa shape index (κ3) is 2.30. The summed E-state index contributed by atoms with van der Waals surface area (Å²) in [5.41, 5.74) is -0.239. The molecular formula is C14H13NaO3. The van der Waals surface area contributed by atoms with Crippen molar-refractivity contribution < 1.29 is 44.3 Å². The number of hydrogen-bond acceptors (Lipinski definition) is 3. The van der Waals surface area contributed by atoms with Crippen molar-refractivity contribution >= 4 is 17.3 Å². The minimum atomic E-state index is -0.720. The van der Waals surface area contributed by atoms with Crippen molar-refractivity contribution in [3.63, 3.8) is 0 Å². The number of rotatable bonds is 1. The minimum Gasteiger partial charge on any atom is -0.871 e. The van der Waals surface area contributed by atoms with Crippen molar-refractivity contribution in [2.75, 3.05) is 0 Å². The van der Waals surface area contributed by atoms with Crippen LogP contribution in [0.1, 0.15) is 36.7 Å². The SMILES string of the molecule is CC(C)(C)C(=O)C1=C([O-])c2ccccc2C1=O.[Na+]. The Morgan fingerprint density at radius 1 is 1.11 bits per heavy atom.